The molecule has 1 heterocycles. The third-order valence-corrected chi connectivity index (χ3v) is 3.80. The van der Waals surface area contributed by atoms with E-state index in [1.165, 1.54) is 18.2 Å². The summed E-state index contributed by atoms with van der Waals surface area (Å²) in [5.41, 5.74) is 5.48. The largest absolute Gasteiger partial charge is 0.393 e. The number of nitrogens with zero attached hydrogens (tertiary/aromatic N) is 1. The topological polar surface area (TPSA) is 107 Å². The summed E-state index contributed by atoms with van der Waals surface area (Å²) in [4.78, 5) is 22.4. The summed E-state index contributed by atoms with van der Waals surface area (Å²) >= 11 is 0. The molecule has 2 rings (SSSR count). The fourth-order valence-corrected chi connectivity index (χ4v) is 2.61. The summed E-state index contributed by atoms with van der Waals surface area (Å²) in [5.74, 6) is -0.114. The number of ether oxygens (including phenoxy) is 1. The van der Waals surface area contributed by atoms with Crippen LogP contribution in [0.4, 0.5) is 11.4 Å². The number of rotatable bonds is 5. The molecule has 7 heteroatoms. The Labute approximate surface area is 122 Å². The second kappa shape index (κ2) is 6.53. The Bertz CT molecular complexity index is 547. The van der Waals surface area contributed by atoms with Crippen LogP contribution in [0.2, 0.25) is 0 Å². The molecule has 1 aliphatic heterocycles. The maximum Gasteiger partial charge on any atom is 0.292 e. The van der Waals surface area contributed by atoms with Crippen LogP contribution < -0.4 is 11.1 Å². The van der Waals surface area contributed by atoms with Crippen LogP contribution >= 0.6 is 0 Å². The van der Waals surface area contributed by atoms with Gasteiger partial charge in [0.15, 0.2) is 0 Å². The monoisotopic (exact) mass is 293 g/mol. The molecule has 2 atom stereocenters. The van der Waals surface area contributed by atoms with Crippen molar-refractivity contribution in [3.8, 4) is 0 Å². The van der Waals surface area contributed by atoms with Crippen LogP contribution in [0, 0.1) is 16.0 Å². The van der Waals surface area contributed by atoms with Crippen LogP contribution in [0.5, 0.6) is 0 Å². The number of carbonyl (C=O) groups is 1. The molecule has 1 fully saturated rings. The van der Waals surface area contributed by atoms with E-state index >= 15 is 0 Å². The van der Waals surface area contributed by atoms with Crippen LogP contribution in [0.25, 0.3) is 0 Å². The van der Waals surface area contributed by atoms with Gasteiger partial charge in [-0.2, -0.15) is 0 Å². The number of hydrogen-bond acceptors (Lipinski definition) is 5. The van der Waals surface area contributed by atoms with Crippen molar-refractivity contribution in [3.05, 3.63) is 33.9 Å². The van der Waals surface area contributed by atoms with E-state index in [4.69, 9.17) is 10.5 Å². The maximum atomic E-state index is 12.1. The molecule has 7 nitrogen and oxygen atoms in total. The van der Waals surface area contributed by atoms with E-state index in [-0.39, 0.29) is 29.0 Å². The van der Waals surface area contributed by atoms with Crippen molar-refractivity contribution in [2.24, 2.45) is 5.92 Å². The molecule has 3 N–H and O–H groups in total. The summed E-state index contributed by atoms with van der Waals surface area (Å²) in [7, 11) is 0. The van der Waals surface area contributed by atoms with E-state index in [1.54, 1.807) is 0 Å². The van der Waals surface area contributed by atoms with Crippen molar-refractivity contribution in [2.45, 2.75) is 25.9 Å². The fourth-order valence-electron chi connectivity index (χ4n) is 2.61. The molecule has 1 aromatic carbocycles. The lowest BCUT2D eigenvalue weighted by Crippen LogP contribution is -2.33. The smallest absolute Gasteiger partial charge is 0.292 e. The molecule has 2 unspecified atom stereocenters. The van der Waals surface area contributed by atoms with Gasteiger partial charge in [0, 0.05) is 25.1 Å². The van der Waals surface area contributed by atoms with Gasteiger partial charge in [0.2, 0.25) is 0 Å². The van der Waals surface area contributed by atoms with Crippen LogP contribution in [-0.2, 0) is 4.74 Å². The van der Waals surface area contributed by atoms with Crippen LogP contribution in [0.1, 0.15) is 30.1 Å². The first-order chi connectivity index (χ1) is 10.0. The predicted molar refractivity (Wildman–Crippen MR) is 78.0 cm³/mol. The Kier molecular flexibility index (Phi) is 4.74. The van der Waals surface area contributed by atoms with Gasteiger partial charge in [-0.05, 0) is 18.9 Å². The molecule has 1 aliphatic rings. The Morgan fingerprint density at radius 2 is 2.33 bits per heavy atom. The second-order valence-corrected chi connectivity index (χ2v) is 5.07. The first-order valence-corrected chi connectivity index (χ1v) is 6.97. The van der Waals surface area contributed by atoms with E-state index in [1.807, 2.05) is 6.92 Å². The van der Waals surface area contributed by atoms with Crippen molar-refractivity contribution >= 4 is 17.3 Å². The highest BCUT2D eigenvalue weighted by Gasteiger charge is 2.27. The average molecular weight is 293 g/mol. The number of nitro groups is 1. The Balaban J connectivity index is 2.04. The zero-order valence-corrected chi connectivity index (χ0v) is 11.9. The molecule has 21 heavy (non-hydrogen) atoms. The molecular weight excluding hydrogens is 274 g/mol. The Hall–Kier alpha value is -2.15. The van der Waals surface area contributed by atoms with Crippen molar-refractivity contribution in [1.29, 1.82) is 0 Å². The highest BCUT2D eigenvalue weighted by molar-refractivity contribution is 6.00. The second-order valence-electron chi connectivity index (χ2n) is 5.07. The van der Waals surface area contributed by atoms with E-state index in [9.17, 15) is 14.9 Å². The third-order valence-electron chi connectivity index (χ3n) is 3.80. The molecule has 114 valence electrons. The van der Waals surface area contributed by atoms with E-state index in [0.29, 0.717) is 13.2 Å². The van der Waals surface area contributed by atoms with E-state index in [0.717, 1.165) is 12.8 Å². The van der Waals surface area contributed by atoms with Crippen molar-refractivity contribution in [2.75, 3.05) is 18.9 Å². The lowest BCUT2D eigenvalue weighted by atomic mass is 9.99. The zero-order chi connectivity index (χ0) is 15.4. The predicted octanol–water partition coefficient (Wildman–Crippen LogP) is 1.72. The number of nitrogen functional groups attached to an aromatic ring is 1. The molecular formula is C14H19N3O4. The minimum atomic E-state index is -0.593. The summed E-state index contributed by atoms with van der Waals surface area (Å²) in [6.07, 6.45) is 1.97. The van der Waals surface area contributed by atoms with Gasteiger partial charge in [0.05, 0.1) is 16.6 Å². The summed E-state index contributed by atoms with van der Waals surface area (Å²) in [6.45, 7) is 3.24. The van der Waals surface area contributed by atoms with Gasteiger partial charge in [-0.15, -0.1) is 0 Å². The van der Waals surface area contributed by atoms with E-state index < -0.39 is 10.8 Å². The quantitative estimate of drug-likeness (QED) is 0.488. The lowest BCUT2D eigenvalue weighted by molar-refractivity contribution is -0.383. The van der Waals surface area contributed by atoms with Gasteiger partial charge in [0.25, 0.3) is 11.6 Å². The molecule has 0 radical (unpaired) electrons. The Morgan fingerprint density at radius 1 is 1.57 bits per heavy atom. The van der Waals surface area contributed by atoms with Crippen molar-refractivity contribution in [1.82, 2.24) is 5.32 Å². The summed E-state index contributed by atoms with van der Waals surface area (Å²) in [5, 5.41) is 13.6. The molecule has 1 amide bonds. The van der Waals surface area contributed by atoms with Gasteiger partial charge in [0.1, 0.15) is 5.69 Å². The van der Waals surface area contributed by atoms with Gasteiger partial charge >= 0.3 is 0 Å². The number of nitro benzene ring substituents is 1. The first-order valence-electron chi connectivity index (χ1n) is 6.97. The Morgan fingerprint density at radius 3 is 3.00 bits per heavy atom. The van der Waals surface area contributed by atoms with Crippen LogP contribution in [0.3, 0.4) is 0 Å². The normalized spacial score (nSPS) is 21.2. The SMILES string of the molecule is CCC1OCCC1CNC(=O)c1cccc([N+](=O)[O-])c1N. The zero-order valence-electron chi connectivity index (χ0n) is 11.9. The highest BCUT2D eigenvalue weighted by Crippen LogP contribution is 2.25. The molecule has 1 aromatic rings. The van der Waals surface area contributed by atoms with Gasteiger partial charge in [-0.25, -0.2) is 0 Å². The summed E-state index contributed by atoms with van der Waals surface area (Å²) in [6, 6.07) is 4.22. The minimum absolute atomic E-state index is 0.102. The van der Waals surface area contributed by atoms with Gasteiger partial charge < -0.3 is 15.8 Å². The molecule has 0 spiro atoms. The van der Waals surface area contributed by atoms with Gasteiger partial charge in [-0.1, -0.05) is 13.0 Å². The molecule has 0 aromatic heterocycles. The molecule has 0 saturated carbocycles. The maximum absolute atomic E-state index is 12.1. The molecule has 0 aliphatic carbocycles. The van der Waals surface area contributed by atoms with Gasteiger partial charge in [-0.3, -0.25) is 14.9 Å². The number of nitrogens with one attached hydrogen (secondary N) is 1. The van der Waals surface area contributed by atoms with Crippen molar-refractivity contribution in [3.63, 3.8) is 0 Å². The standard InChI is InChI=1S/C14H19N3O4/c1-2-12-9(6-7-21-12)8-16-14(18)10-4-3-5-11(13(10)15)17(19)20/h3-5,9,12H,2,6-8,15H2,1H3,(H,16,18). The van der Waals surface area contributed by atoms with Crippen molar-refractivity contribution < 1.29 is 14.5 Å². The lowest BCUT2D eigenvalue weighted by Gasteiger charge is -2.17. The average Bonchev–Trinajstić information content (AvgIpc) is 2.92. The number of amides is 1. The molecule has 1 saturated heterocycles. The number of anilines is 1. The number of carbonyl (C=O) groups excluding carboxylic acids is 1. The number of benzene rings is 1. The van der Waals surface area contributed by atoms with E-state index in [2.05, 4.69) is 5.32 Å². The first kappa shape index (κ1) is 15.2. The highest BCUT2D eigenvalue weighted by atomic mass is 16.6. The van der Waals surface area contributed by atoms with Crippen LogP contribution in [-0.4, -0.2) is 30.1 Å². The molecule has 0 bridgehead atoms. The number of para-hydroxylation sites is 1. The summed E-state index contributed by atoms with van der Waals surface area (Å²) < 4.78 is 5.56. The minimum Gasteiger partial charge on any atom is -0.393 e. The fraction of sp³-hybridized carbons (Fsp3) is 0.500. The third kappa shape index (κ3) is 3.30. The number of nitrogens with two attached hydrogens (primary N) is 1. The van der Waals surface area contributed by atoms with Crippen LogP contribution in [0.15, 0.2) is 18.2 Å². The number of hydrogen-bond donors (Lipinski definition) is 2.